The summed E-state index contributed by atoms with van der Waals surface area (Å²) in [5.41, 5.74) is 5.99. The molecule has 0 spiro atoms. The molecule has 0 atom stereocenters. The van der Waals surface area contributed by atoms with Gasteiger partial charge in [-0.1, -0.05) is 97.1 Å². The van der Waals surface area contributed by atoms with Crippen molar-refractivity contribution in [2.24, 2.45) is 0 Å². The van der Waals surface area contributed by atoms with Crippen LogP contribution in [0.1, 0.15) is 0 Å². The lowest BCUT2D eigenvalue weighted by Crippen LogP contribution is -1.92. The number of hydrogen-bond acceptors (Lipinski definition) is 4. The SMILES string of the molecule is c1ccc(-c2ccnc(-c3ccc4c(ccc5cc(-c6nccc(-c7ccccc7)n6)ccc54)c3)n2)cc1. The molecule has 0 N–H and O–H groups in total. The second-order valence-electron chi connectivity index (χ2n) is 9.20. The summed E-state index contributed by atoms with van der Waals surface area (Å²) in [5, 5.41) is 4.68. The van der Waals surface area contributed by atoms with Gasteiger partial charge in [0.1, 0.15) is 0 Å². The molecule has 0 radical (unpaired) electrons. The van der Waals surface area contributed by atoms with E-state index in [2.05, 4.69) is 82.8 Å². The Bertz CT molecular complexity index is 1770. The van der Waals surface area contributed by atoms with E-state index in [-0.39, 0.29) is 0 Å². The number of rotatable bonds is 4. The van der Waals surface area contributed by atoms with Crippen molar-refractivity contribution < 1.29 is 0 Å². The summed E-state index contributed by atoms with van der Waals surface area (Å²) in [6.45, 7) is 0. The molecule has 5 aromatic carbocycles. The zero-order valence-electron chi connectivity index (χ0n) is 20.5. The molecular formula is C34H22N4. The summed E-state index contributed by atoms with van der Waals surface area (Å²) in [6, 6.07) is 41.5. The van der Waals surface area contributed by atoms with Crippen LogP contribution in [0.2, 0.25) is 0 Å². The molecule has 0 saturated carbocycles. The van der Waals surface area contributed by atoms with Crippen LogP contribution in [0, 0.1) is 0 Å². The third kappa shape index (κ3) is 4.08. The average molecular weight is 487 g/mol. The van der Waals surface area contributed by atoms with Gasteiger partial charge in [-0.25, -0.2) is 19.9 Å². The molecule has 0 bridgehead atoms. The van der Waals surface area contributed by atoms with Gasteiger partial charge in [0, 0.05) is 34.6 Å². The predicted molar refractivity (Wildman–Crippen MR) is 154 cm³/mol. The van der Waals surface area contributed by atoms with Gasteiger partial charge in [0.25, 0.3) is 0 Å². The molecule has 178 valence electrons. The molecule has 38 heavy (non-hydrogen) atoms. The van der Waals surface area contributed by atoms with Gasteiger partial charge < -0.3 is 0 Å². The Hall–Kier alpha value is -5.22. The van der Waals surface area contributed by atoms with Gasteiger partial charge in [-0.05, 0) is 45.8 Å². The van der Waals surface area contributed by atoms with E-state index in [1.807, 2.05) is 60.9 Å². The molecule has 4 nitrogen and oxygen atoms in total. The van der Waals surface area contributed by atoms with E-state index in [1.165, 1.54) is 10.8 Å². The lowest BCUT2D eigenvalue weighted by molar-refractivity contribution is 1.18. The predicted octanol–water partition coefficient (Wildman–Crippen LogP) is 8.24. The first-order chi connectivity index (χ1) is 18.8. The lowest BCUT2D eigenvalue weighted by Gasteiger charge is -2.09. The summed E-state index contributed by atoms with van der Waals surface area (Å²) in [5.74, 6) is 1.44. The van der Waals surface area contributed by atoms with Crippen LogP contribution in [0.25, 0.3) is 66.8 Å². The second-order valence-corrected chi connectivity index (χ2v) is 9.20. The highest BCUT2D eigenvalue weighted by Crippen LogP contribution is 2.32. The van der Waals surface area contributed by atoms with Crippen molar-refractivity contribution in [1.82, 2.24) is 19.9 Å². The molecule has 4 heteroatoms. The van der Waals surface area contributed by atoms with Crippen LogP contribution in [-0.4, -0.2) is 19.9 Å². The monoisotopic (exact) mass is 486 g/mol. The summed E-state index contributed by atoms with van der Waals surface area (Å²) in [6.07, 6.45) is 3.65. The van der Waals surface area contributed by atoms with Crippen LogP contribution in [0.4, 0.5) is 0 Å². The van der Waals surface area contributed by atoms with Gasteiger partial charge >= 0.3 is 0 Å². The number of benzene rings is 5. The van der Waals surface area contributed by atoms with Gasteiger partial charge in [0.15, 0.2) is 11.6 Å². The molecule has 0 aliphatic rings. The maximum atomic E-state index is 4.83. The quantitative estimate of drug-likeness (QED) is 0.235. The van der Waals surface area contributed by atoms with E-state index in [1.54, 1.807) is 0 Å². The molecular weight excluding hydrogens is 464 g/mol. The molecule has 7 aromatic rings. The Morgan fingerprint density at radius 1 is 0.368 bits per heavy atom. The van der Waals surface area contributed by atoms with Crippen molar-refractivity contribution in [3.63, 3.8) is 0 Å². The zero-order valence-corrected chi connectivity index (χ0v) is 20.5. The van der Waals surface area contributed by atoms with Crippen molar-refractivity contribution in [2.75, 3.05) is 0 Å². The second kappa shape index (κ2) is 9.34. The third-order valence-electron chi connectivity index (χ3n) is 6.80. The highest BCUT2D eigenvalue weighted by molar-refractivity contribution is 6.09. The first-order valence-corrected chi connectivity index (χ1v) is 12.6. The molecule has 2 heterocycles. The molecule has 7 rings (SSSR count). The first-order valence-electron chi connectivity index (χ1n) is 12.6. The molecule has 0 aliphatic heterocycles. The molecule has 0 amide bonds. The Morgan fingerprint density at radius 3 is 1.26 bits per heavy atom. The third-order valence-corrected chi connectivity index (χ3v) is 6.80. The van der Waals surface area contributed by atoms with Crippen LogP contribution in [-0.2, 0) is 0 Å². The van der Waals surface area contributed by atoms with Crippen LogP contribution in [0.3, 0.4) is 0 Å². The number of hydrogen-bond donors (Lipinski definition) is 0. The molecule has 2 aromatic heterocycles. The van der Waals surface area contributed by atoms with Gasteiger partial charge in [0.05, 0.1) is 11.4 Å². The Kier molecular flexibility index (Phi) is 5.41. The summed E-state index contributed by atoms with van der Waals surface area (Å²) < 4.78 is 0. The van der Waals surface area contributed by atoms with Gasteiger partial charge in [-0.3, -0.25) is 0 Å². The van der Waals surface area contributed by atoms with Gasteiger partial charge in [-0.15, -0.1) is 0 Å². The summed E-state index contributed by atoms with van der Waals surface area (Å²) in [7, 11) is 0. The van der Waals surface area contributed by atoms with Crippen molar-refractivity contribution in [2.45, 2.75) is 0 Å². The van der Waals surface area contributed by atoms with Crippen LogP contribution < -0.4 is 0 Å². The minimum atomic E-state index is 0.721. The largest absolute Gasteiger partial charge is 0.237 e. The number of aromatic nitrogens is 4. The van der Waals surface area contributed by atoms with E-state index >= 15 is 0 Å². The first kappa shape index (κ1) is 22.0. The fraction of sp³-hybridized carbons (Fsp3) is 0. The fourth-order valence-electron chi connectivity index (χ4n) is 4.88. The Balaban J connectivity index is 1.25. The smallest absolute Gasteiger partial charge is 0.159 e. The van der Waals surface area contributed by atoms with Crippen molar-refractivity contribution >= 4 is 21.5 Å². The normalized spacial score (nSPS) is 11.2. The Labute approximate surface area is 220 Å². The van der Waals surface area contributed by atoms with Crippen molar-refractivity contribution in [3.05, 3.63) is 134 Å². The highest BCUT2D eigenvalue weighted by Gasteiger charge is 2.10. The zero-order chi connectivity index (χ0) is 25.3. The minimum Gasteiger partial charge on any atom is -0.237 e. The number of fused-ring (bicyclic) bond motifs is 3. The molecule has 0 fully saturated rings. The minimum absolute atomic E-state index is 0.721. The molecule has 0 unspecified atom stereocenters. The van der Waals surface area contributed by atoms with E-state index in [4.69, 9.17) is 9.97 Å². The standard InChI is InChI=1S/C34H22N4/c1-3-7-23(8-4-1)31-17-19-35-33(37-31)27-13-15-29-25(21-27)11-12-26-22-28(14-16-30(26)29)34-36-20-18-32(38-34)24-9-5-2-6-10-24/h1-22H. The van der Waals surface area contributed by atoms with E-state index < -0.39 is 0 Å². The Morgan fingerprint density at radius 2 is 0.816 bits per heavy atom. The average Bonchev–Trinajstić information content (AvgIpc) is 3.01. The van der Waals surface area contributed by atoms with Crippen molar-refractivity contribution in [1.29, 1.82) is 0 Å². The van der Waals surface area contributed by atoms with E-state index in [9.17, 15) is 0 Å². The number of nitrogens with zero attached hydrogens (tertiary/aromatic N) is 4. The molecule has 0 saturated heterocycles. The van der Waals surface area contributed by atoms with E-state index in [0.717, 1.165) is 56.1 Å². The maximum Gasteiger partial charge on any atom is 0.159 e. The van der Waals surface area contributed by atoms with Crippen LogP contribution in [0.5, 0.6) is 0 Å². The van der Waals surface area contributed by atoms with Crippen LogP contribution >= 0.6 is 0 Å². The van der Waals surface area contributed by atoms with E-state index in [0.29, 0.717) is 0 Å². The van der Waals surface area contributed by atoms with Crippen molar-refractivity contribution in [3.8, 4) is 45.3 Å². The summed E-state index contributed by atoms with van der Waals surface area (Å²) in [4.78, 5) is 18.8. The highest BCUT2D eigenvalue weighted by atomic mass is 14.9. The van der Waals surface area contributed by atoms with Crippen LogP contribution in [0.15, 0.2) is 134 Å². The van der Waals surface area contributed by atoms with Gasteiger partial charge in [0.2, 0.25) is 0 Å². The molecule has 0 aliphatic carbocycles. The lowest BCUT2D eigenvalue weighted by atomic mass is 9.98. The topological polar surface area (TPSA) is 51.6 Å². The maximum absolute atomic E-state index is 4.83. The fourth-order valence-corrected chi connectivity index (χ4v) is 4.88. The van der Waals surface area contributed by atoms with Gasteiger partial charge in [-0.2, -0.15) is 0 Å². The summed E-state index contributed by atoms with van der Waals surface area (Å²) >= 11 is 0.